The van der Waals surface area contributed by atoms with E-state index >= 15 is 0 Å². The SMILES string of the molecule is CC(C)c1ccccc1NC(=S)N/N=C/c1ccc2c(C3OC=CO3)nn(C)c2c1. The van der Waals surface area contributed by atoms with E-state index in [1.165, 1.54) is 18.1 Å². The minimum atomic E-state index is -0.507. The van der Waals surface area contributed by atoms with Crippen LogP contribution in [0, 0.1) is 0 Å². The number of aromatic nitrogens is 2. The van der Waals surface area contributed by atoms with Crippen molar-refractivity contribution in [1.82, 2.24) is 15.2 Å². The van der Waals surface area contributed by atoms with Crippen LogP contribution in [0.3, 0.4) is 0 Å². The summed E-state index contributed by atoms with van der Waals surface area (Å²) in [5, 5.41) is 13.4. The largest absolute Gasteiger partial charge is 0.454 e. The highest BCUT2D eigenvalue weighted by Crippen LogP contribution is 2.30. The third kappa shape index (κ3) is 4.13. The Labute approximate surface area is 180 Å². The molecule has 0 unspecified atom stereocenters. The number of hydrogen-bond donors (Lipinski definition) is 2. The van der Waals surface area contributed by atoms with E-state index in [2.05, 4.69) is 40.9 Å². The van der Waals surface area contributed by atoms with Crippen molar-refractivity contribution in [2.24, 2.45) is 12.1 Å². The van der Waals surface area contributed by atoms with E-state index in [0.29, 0.717) is 11.0 Å². The van der Waals surface area contributed by atoms with Gasteiger partial charge in [-0.25, -0.2) is 0 Å². The molecule has 0 saturated heterocycles. The van der Waals surface area contributed by atoms with Crippen LogP contribution in [0.5, 0.6) is 0 Å². The van der Waals surface area contributed by atoms with E-state index in [-0.39, 0.29) is 0 Å². The van der Waals surface area contributed by atoms with Gasteiger partial charge in [-0.05, 0) is 47.5 Å². The first-order chi connectivity index (χ1) is 14.5. The van der Waals surface area contributed by atoms with Gasteiger partial charge in [0.25, 0.3) is 6.29 Å². The first-order valence-corrected chi connectivity index (χ1v) is 10.1. The molecule has 2 aromatic carbocycles. The molecule has 1 aliphatic heterocycles. The molecule has 1 aromatic heterocycles. The van der Waals surface area contributed by atoms with Crippen molar-refractivity contribution in [1.29, 1.82) is 0 Å². The van der Waals surface area contributed by atoms with E-state index in [0.717, 1.165) is 27.8 Å². The standard InChI is InChI=1S/C22H23N5O2S/c1-14(2)16-6-4-5-7-18(16)24-22(30)25-23-13-15-8-9-17-19(12-15)27(3)26-20(17)21-28-10-11-29-21/h4-14,21H,1-3H3,(H2,24,25,30)/b23-13+. The van der Waals surface area contributed by atoms with Gasteiger partial charge < -0.3 is 14.8 Å². The predicted molar refractivity (Wildman–Crippen MR) is 122 cm³/mol. The van der Waals surface area contributed by atoms with Crippen LogP contribution in [0.15, 0.2) is 60.1 Å². The second kappa shape index (κ2) is 8.54. The summed E-state index contributed by atoms with van der Waals surface area (Å²) in [6.07, 6.45) is 4.26. The van der Waals surface area contributed by atoms with Gasteiger partial charge >= 0.3 is 0 Å². The summed E-state index contributed by atoms with van der Waals surface area (Å²) < 4.78 is 12.6. The van der Waals surface area contributed by atoms with Crippen LogP contribution in [0.25, 0.3) is 10.9 Å². The number of hydrazone groups is 1. The van der Waals surface area contributed by atoms with Crippen molar-refractivity contribution in [2.75, 3.05) is 5.32 Å². The quantitative estimate of drug-likeness (QED) is 0.358. The monoisotopic (exact) mass is 421 g/mol. The lowest BCUT2D eigenvalue weighted by atomic mass is 10.0. The topological polar surface area (TPSA) is 72.7 Å². The molecule has 2 heterocycles. The number of fused-ring (bicyclic) bond motifs is 1. The molecule has 0 aliphatic carbocycles. The molecular formula is C22H23N5O2S. The van der Waals surface area contributed by atoms with Crippen molar-refractivity contribution >= 4 is 40.1 Å². The number of hydrogen-bond acceptors (Lipinski definition) is 5. The number of para-hydroxylation sites is 1. The van der Waals surface area contributed by atoms with Crippen molar-refractivity contribution in [2.45, 2.75) is 26.1 Å². The van der Waals surface area contributed by atoms with Gasteiger partial charge in [0.2, 0.25) is 0 Å². The van der Waals surface area contributed by atoms with Gasteiger partial charge in [0.15, 0.2) is 10.8 Å². The fraction of sp³-hybridized carbons (Fsp3) is 0.227. The number of nitrogens with one attached hydrogen (secondary N) is 2. The zero-order valence-electron chi connectivity index (χ0n) is 17.0. The van der Waals surface area contributed by atoms with Crippen molar-refractivity contribution in [3.05, 3.63) is 71.8 Å². The summed E-state index contributed by atoms with van der Waals surface area (Å²) in [6, 6.07) is 14.1. The van der Waals surface area contributed by atoms with Crippen LogP contribution in [0.2, 0.25) is 0 Å². The first-order valence-electron chi connectivity index (χ1n) is 9.64. The molecule has 0 spiro atoms. The Kier molecular flexibility index (Phi) is 5.67. The molecule has 8 heteroatoms. The maximum Gasteiger partial charge on any atom is 0.285 e. The molecule has 154 valence electrons. The maximum atomic E-state index is 5.42. The molecule has 3 aromatic rings. The van der Waals surface area contributed by atoms with E-state index in [1.54, 1.807) is 10.9 Å². The number of aryl methyl sites for hydroxylation is 1. The van der Waals surface area contributed by atoms with Crippen LogP contribution in [0.4, 0.5) is 5.69 Å². The summed E-state index contributed by atoms with van der Waals surface area (Å²) in [6.45, 7) is 4.30. The number of ether oxygens (including phenoxy) is 2. The zero-order valence-corrected chi connectivity index (χ0v) is 17.8. The van der Waals surface area contributed by atoms with Gasteiger partial charge in [-0.15, -0.1) is 0 Å². The summed E-state index contributed by atoms with van der Waals surface area (Å²) in [7, 11) is 1.89. The van der Waals surface area contributed by atoms with Gasteiger partial charge in [-0.1, -0.05) is 38.1 Å². The highest BCUT2D eigenvalue weighted by molar-refractivity contribution is 7.80. The highest BCUT2D eigenvalue weighted by atomic mass is 32.1. The highest BCUT2D eigenvalue weighted by Gasteiger charge is 2.22. The first kappa shape index (κ1) is 19.9. The van der Waals surface area contributed by atoms with E-state index < -0.39 is 6.29 Å². The van der Waals surface area contributed by atoms with Gasteiger partial charge in [-0.2, -0.15) is 10.2 Å². The molecule has 0 fully saturated rings. The summed E-state index contributed by atoms with van der Waals surface area (Å²) in [5.74, 6) is 0.395. The number of thiocarbonyl (C=S) groups is 1. The lowest BCUT2D eigenvalue weighted by molar-refractivity contribution is -0.0272. The van der Waals surface area contributed by atoms with E-state index in [9.17, 15) is 0 Å². The Hall–Kier alpha value is -3.39. The number of benzene rings is 2. The molecule has 4 rings (SSSR count). The van der Waals surface area contributed by atoms with Gasteiger partial charge in [-0.3, -0.25) is 10.1 Å². The van der Waals surface area contributed by atoms with Gasteiger partial charge in [0, 0.05) is 18.1 Å². The molecule has 30 heavy (non-hydrogen) atoms. The van der Waals surface area contributed by atoms with Crippen molar-refractivity contribution in [3.63, 3.8) is 0 Å². The lowest BCUT2D eigenvalue weighted by Crippen LogP contribution is -2.24. The van der Waals surface area contributed by atoms with Crippen LogP contribution in [-0.2, 0) is 16.5 Å². The molecule has 0 atom stereocenters. The van der Waals surface area contributed by atoms with Crippen LogP contribution in [-0.4, -0.2) is 21.1 Å². The fourth-order valence-corrected chi connectivity index (χ4v) is 3.52. The number of nitrogens with zero attached hydrogens (tertiary/aromatic N) is 3. The smallest absolute Gasteiger partial charge is 0.285 e. The number of rotatable bonds is 5. The molecule has 0 saturated carbocycles. The number of anilines is 1. The third-order valence-corrected chi connectivity index (χ3v) is 4.99. The Balaban J connectivity index is 1.44. The minimum absolute atomic E-state index is 0.395. The Bertz CT molecular complexity index is 1130. The van der Waals surface area contributed by atoms with Gasteiger partial charge in [0.05, 0.1) is 11.7 Å². The molecule has 2 N–H and O–H groups in total. The van der Waals surface area contributed by atoms with Crippen LogP contribution >= 0.6 is 12.2 Å². The van der Waals surface area contributed by atoms with E-state index in [1.807, 2.05) is 43.4 Å². The van der Waals surface area contributed by atoms with Crippen molar-refractivity contribution < 1.29 is 9.47 Å². The van der Waals surface area contributed by atoms with Crippen LogP contribution < -0.4 is 10.7 Å². The fourth-order valence-electron chi connectivity index (χ4n) is 3.35. The third-order valence-electron chi connectivity index (χ3n) is 4.80. The maximum absolute atomic E-state index is 5.42. The van der Waals surface area contributed by atoms with Crippen molar-refractivity contribution in [3.8, 4) is 0 Å². The summed E-state index contributed by atoms with van der Waals surface area (Å²) in [5.41, 5.74) is 7.68. The Morgan fingerprint density at radius 1 is 1.20 bits per heavy atom. The Morgan fingerprint density at radius 2 is 1.97 bits per heavy atom. The average molecular weight is 422 g/mol. The molecule has 0 amide bonds. The molecule has 0 radical (unpaired) electrons. The average Bonchev–Trinajstić information content (AvgIpc) is 3.36. The lowest BCUT2D eigenvalue weighted by Gasteiger charge is -2.14. The zero-order chi connectivity index (χ0) is 21.1. The van der Waals surface area contributed by atoms with Gasteiger partial charge in [0.1, 0.15) is 12.5 Å². The summed E-state index contributed by atoms with van der Waals surface area (Å²) >= 11 is 5.38. The second-order valence-electron chi connectivity index (χ2n) is 7.23. The van der Waals surface area contributed by atoms with E-state index in [4.69, 9.17) is 21.7 Å². The Morgan fingerprint density at radius 3 is 2.73 bits per heavy atom. The molecule has 1 aliphatic rings. The predicted octanol–water partition coefficient (Wildman–Crippen LogP) is 4.53. The minimum Gasteiger partial charge on any atom is -0.454 e. The summed E-state index contributed by atoms with van der Waals surface area (Å²) in [4.78, 5) is 0. The van der Waals surface area contributed by atoms with Crippen LogP contribution in [0.1, 0.15) is 42.9 Å². The second-order valence-corrected chi connectivity index (χ2v) is 7.64. The molecular weight excluding hydrogens is 398 g/mol. The molecule has 7 nitrogen and oxygen atoms in total. The molecule has 0 bridgehead atoms. The normalized spacial score (nSPS) is 13.7.